The Balaban J connectivity index is 1.59. The van der Waals surface area contributed by atoms with Gasteiger partial charge in [0.05, 0.1) is 7.11 Å². The summed E-state index contributed by atoms with van der Waals surface area (Å²) in [5, 5.41) is 0. The van der Waals surface area contributed by atoms with Crippen molar-refractivity contribution in [3.05, 3.63) is 11.6 Å². The van der Waals surface area contributed by atoms with E-state index in [9.17, 15) is 9.59 Å². The van der Waals surface area contributed by atoms with Crippen molar-refractivity contribution < 1.29 is 19.1 Å². The van der Waals surface area contributed by atoms with E-state index >= 15 is 0 Å². The number of ketones is 1. The molecule has 4 aliphatic carbocycles. The molecular weight excluding hydrogens is 316 g/mol. The lowest BCUT2D eigenvalue weighted by Crippen LogP contribution is -2.51. The minimum absolute atomic E-state index is 0.0106. The molecule has 0 aromatic heterocycles. The normalized spacial score (nSPS) is 45.7. The van der Waals surface area contributed by atoms with Crippen LogP contribution in [0.4, 0.5) is 4.79 Å². The van der Waals surface area contributed by atoms with Gasteiger partial charge in [0.2, 0.25) is 0 Å². The van der Waals surface area contributed by atoms with Crippen molar-refractivity contribution in [2.24, 2.45) is 28.6 Å². The average Bonchev–Trinajstić information content (AvgIpc) is 2.92. The zero-order chi connectivity index (χ0) is 17.8. The fourth-order valence-electron chi connectivity index (χ4n) is 6.87. The number of hydrogen-bond donors (Lipinski definition) is 0. The third kappa shape index (κ3) is 2.47. The molecule has 0 saturated heterocycles. The van der Waals surface area contributed by atoms with Gasteiger partial charge in [-0.2, -0.15) is 0 Å². The minimum atomic E-state index is -0.541. The molecule has 4 nitrogen and oxygen atoms in total. The van der Waals surface area contributed by atoms with E-state index in [1.54, 1.807) is 0 Å². The van der Waals surface area contributed by atoms with E-state index in [1.807, 2.05) is 6.08 Å². The van der Waals surface area contributed by atoms with Crippen molar-refractivity contribution in [2.45, 2.75) is 71.3 Å². The number of hydrogen-bond acceptors (Lipinski definition) is 4. The number of allylic oxidation sites excluding steroid dienone is 1. The van der Waals surface area contributed by atoms with Crippen molar-refractivity contribution in [2.75, 3.05) is 7.11 Å². The first kappa shape index (κ1) is 17.1. The highest BCUT2D eigenvalue weighted by Crippen LogP contribution is 2.65. The van der Waals surface area contributed by atoms with E-state index in [0.29, 0.717) is 30.0 Å². The number of fused-ring (bicyclic) bond motifs is 5. The summed E-state index contributed by atoms with van der Waals surface area (Å²) in [5.41, 5.74) is 1.70. The van der Waals surface area contributed by atoms with Gasteiger partial charge in [0.25, 0.3) is 0 Å². The summed E-state index contributed by atoms with van der Waals surface area (Å²) in [6, 6.07) is 0. The van der Waals surface area contributed by atoms with Gasteiger partial charge in [-0.1, -0.05) is 19.4 Å². The van der Waals surface area contributed by atoms with Crippen LogP contribution in [0.5, 0.6) is 0 Å². The van der Waals surface area contributed by atoms with Gasteiger partial charge in [-0.3, -0.25) is 4.79 Å². The molecule has 6 atom stereocenters. The van der Waals surface area contributed by atoms with Crippen molar-refractivity contribution in [1.82, 2.24) is 0 Å². The van der Waals surface area contributed by atoms with Gasteiger partial charge in [0, 0.05) is 11.8 Å². The Hall–Kier alpha value is -1.32. The molecule has 0 aliphatic heterocycles. The minimum Gasteiger partial charge on any atom is -0.438 e. The topological polar surface area (TPSA) is 52.6 Å². The van der Waals surface area contributed by atoms with Crippen molar-refractivity contribution in [1.29, 1.82) is 0 Å². The highest BCUT2D eigenvalue weighted by molar-refractivity contribution is 5.91. The lowest BCUT2D eigenvalue weighted by atomic mass is 9.47. The molecule has 4 aliphatic rings. The van der Waals surface area contributed by atoms with E-state index in [4.69, 9.17) is 9.47 Å². The van der Waals surface area contributed by atoms with Gasteiger partial charge >= 0.3 is 6.16 Å². The molecule has 0 unspecified atom stereocenters. The number of carbonyl (C=O) groups is 2. The zero-order valence-electron chi connectivity index (χ0n) is 15.7. The summed E-state index contributed by atoms with van der Waals surface area (Å²) in [7, 11) is 1.38. The first-order chi connectivity index (χ1) is 11.9. The Kier molecular flexibility index (Phi) is 4.01. The van der Waals surface area contributed by atoms with Crippen molar-refractivity contribution >= 4 is 11.9 Å². The maximum Gasteiger partial charge on any atom is 0.508 e. The molecule has 3 fully saturated rings. The SMILES string of the molecule is COC(=O)O[C@H]1CC[C@H]2[C@@H]3CCC4=CC(=O)CC[C@]4(C)[C@H]3CC[C@]12C. The van der Waals surface area contributed by atoms with Crippen LogP contribution in [0.1, 0.15) is 65.2 Å². The third-order valence-electron chi connectivity index (χ3n) is 8.28. The van der Waals surface area contributed by atoms with E-state index in [-0.39, 0.29) is 16.9 Å². The van der Waals surface area contributed by atoms with Crippen LogP contribution in [0.15, 0.2) is 11.6 Å². The highest BCUT2D eigenvalue weighted by Gasteiger charge is 2.60. The average molecular weight is 346 g/mol. The van der Waals surface area contributed by atoms with Crippen LogP contribution in [0.3, 0.4) is 0 Å². The van der Waals surface area contributed by atoms with E-state index in [1.165, 1.54) is 25.5 Å². The van der Waals surface area contributed by atoms with Crippen LogP contribution >= 0.6 is 0 Å². The summed E-state index contributed by atoms with van der Waals surface area (Å²) >= 11 is 0. The monoisotopic (exact) mass is 346 g/mol. The Morgan fingerprint density at radius 2 is 1.88 bits per heavy atom. The quantitative estimate of drug-likeness (QED) is 0.647. The molecule has 0 amide bonds. The summed E-state index contributed by atoms with van der Waals surface area (Å²) in [4.78, 5) is 23.5. The van der Waals surface area contributed by atoms with Crippen LogP contribution in [0.25, 0.3) is 0 Å². The Labute approximate surface area is 150 Å². The van der Waals surface area contributed by atoms with Crippen LogP contribution in [0.2, 0.25) is 0 Å². The van der Waals surface area contributed by atoms with Crippen LogP contribution < -0.4 is 0 Å². The molecule has 4 heteroatoms. The molecule has 0 heterocycles. The summed E-state index contributed by atoms with van der Waals surface area (Å²) in [5.74, 6) is 2.31. The van der Waals surface area contributed by atoms with Gasteiger partial charge in [-0.15, -0.1) is 0 Å². The molecule has 0 aromatic carbocycles. The Morgan fingerprint density at radius 3 is 2.64 bits per heavy atom. The van der Waals surface area contributed by atoms with Gasteiger partial charge in [-0.05, 0) is 74.2 Å². The van der Waals surface area contributed by atoms with E-state index in [2.05, 4.69) is 13.8 Å². The molecule has 0 radical (unpaired) electrons. The smallest absolute Gasteiger partial charge is 0.438 e. The van der Waals surface area contributed by atoms with Gasteiger partial charge in [0.15, 0.2) is 5.78 Å². The summed E-state index contributed by atoms with van der Waals surface area (Å²) in [6.45, 7) is 4.73. The molecule has 0 spiro atoms. The van der Waals surface area contributed by atoms with E-state index in [0.717, 1.165) is 32.1 Å². The van der Waals surface area contributed by atoms with E-state index < -0.39 is 6.16 Å². The highest BCUT2D eigenvalue weighted by atomic mass is 16.7. The maximum absolute atomic E-state index is 11.9. The predicted molar refractivity (Wildman–Crippen MR) is 94.0 cm³/mol. The molecule has 0 N–H and O–H groups in total. The van der Waals surface area contributed by atoms with Crippen LogP contribution in [-0.4, -0.2) is 25.2 Å². The molecule has 0 aromatic rings. The summed E-state index contributed by atoms with van der Waals surface area (Å²) in [6.07, 6.45) is 9.78. The van der Waals surface area contributed by atoms with Crippen molar-refractivity contribution in [3.8, 4) is 0 Å². The standard InChI is InChI=1S/C21H30O4/c1-20-10-8-14(22)12-13(20)4-5-15-16-6-7-18(25-19(23)24-3)21(16,2)11-9-17(15)20/h12,15-18H,4-11H2,1-3H3/t15-,16-,17-,18-,20-,21-/m0/s1. The molecule has 25 heavy (non-hydrogen) atoms. The Morgan fingerprint density at radius 1 is 1.08 bits per heavy atom. The fourth-order valence-corrected chi connectivity index (χ4v) is 6.87. The predicted octanol–water partition coefficient (Wildman–Crippen LogP) is 4.67. The molecule has 4 rings (SSSR count). The first-order valence-corrected chi connectivity index (χ1v) is 9.87. The van der Waals surface area contributed by atoms with Crippen molar-refractivity contribution in [3.63, 3.8) is 0 Å². The van der Waals surface area contributed by atoms with Gasteiger partial charge in [-0.25, -0.2) is 4.79 Å². The second kappa shape index (κ2) is 5.85. The Bertz CT molecular complexity index is 623. The molecule has 0 bridgehead atoms. The number of methoxy groups -OCH3 is 1. The largest absolute Gasteiger partial charge is 0.508 e. The lowest BCUT2D eigenvalue weighted by molar-refractivity contribution is -0.118. The van der Waals surface area contributed by atoms with Gasteiger partial charge < -0.3 is 9.47 Å². The fraction of sp³-hybridized carbons (Fsp3) is 0.810. The summed E-state index contributed by atoms with van der Waals surface area (Å²) < 4.78 is 10.4. The molecular formula is C21H30O4. The number of carbonyl (C=O) groups excluding carboxylic acids is 2. The van der Waals surface area contributed by atoms with Gasteiger partial charge in [0.1, 0.15) is 6.10 Å². The van der Waals surface area contributed by atoms with Crippen LogP contribution in [-0.2, 0) is 14.3 Å². The van der Waals surface area contributed by atoms with Crippen LogP contribution in [0, 0.1) is 28.6 Å². The maximum atomic E-state index is 11.9. The second-order valence-electron chi connectivity index (χ2n) is 9.15. The molecule has 3 saturated carbocycles. The first-order valence-electron chi connectivity index (χ1n) is 9.87. The number of rotatable bonds is 1. The third-order valence-corrected chi connectivity index (χ3v) is 8.28. The number of ether oxygens (including phenoxy) is 2. The zero-order valence-corrected chi connectivity index (χ0v) is 15.7. The lowest BCUT2D eigenvalue weighted by Gasteiger charge is -2.57. The molecule has 138 valence electrons. The second-order valence-corrected chi connectivity index (χ2v) is 9.15.